The number of rotatable bonds is 8. The van der Waals surface area contributed by atoms with Crippen molar-refractivity contribution in [1.29, 1.82) is 0 Å². The summed E-state index contributed by atoms with van der Waals surface area (Å²) in [4.78, 5) is 35.2. The molecule has 0 unspecified atom stereocenters. The number of piperazine rings is 1. The molecular weight excluding hydrogens is 537 g/mol. The molecule has 3 heterocycles. The Kier molecular flexibility index (Phi) is 7.82. The summed E-state index contributed by atoms with van der Waals surface area (Å²) in [6, 6.07) is 28.2. The molecule has 5 aromatic rings. The normalized spacial score (nSPS) is 14.1. The molecule has 1 aliphatic heterocycles. The van der Waals surface area contributed by atoms with Gasteiger partial charge < -0.3 is 4.90 Å². The fraction of sp³-hybridized carbons (Fsp3) is 0.219. The fourth-order valence-corrected chi connectivity index (χ4v) is 6.72. The highest BCUT2D eigenvalue weighted by molar-refractivity contribution is 7.98. The number of aromatic nitrogens is 2. The summed E-state index contributed by atoms with van der Waals surface area (Å²) in [6.07, 6.45) is 0. The van der Waals surface area contributed by atoms with Crippen LogP contribution in [0.4, 0.5) is 5.69 Å². The van der Waals surface area contributed by atoms with Gasteiger partial charge in [-0.1, -0.05) is 78.5 Å². The molecule has 0 saturated carbocycles. The van der Waals surface area contributed by atoms with Crippen molar-refractivity contribution in [2.75, 3.05) is 31.1 Å². The quantitative estimate of drug-likeness (QED) is 0.134. The lowest BCUT2D eigenvalue weighted by Crippen LogP contribution is -2.45. The largest absolute Gasteiger partial charge is 0.369 e. The Bertz CT molecular complexity index is 1670. The molecule has 202 valence electrons. The van der Waals surface area contributed by atoms with Crippen molar-refractivity contribution in [3.05, 3.63) is 123 Å². The predicted molar refractivity (Wildman–Crippen MR) is 165 cm³/mol. The van der Waals surface area contributed by atoms with Crippen LogP contribution in [0.15, 0.2) is 100 Å². The molecule has 0 bridgehead atoms. The van der Waals surface area contributed by atoms with Gasteiger partial charge >= 0.3 is 0 Å². The molecule has 1 saturated heterocycles. The summed E-state index contributed by atoms with van der Waals surface area (Å²) in [5, 5.41) is 2.58. The highest BCUT2D eigenvalue weighted by Crippen LogP contribution is 2.24. The van der Waals surface area contributed by atoms with Crippen molar-refractivity contribution in [2.45, 2.75) is 17.5 Å². The minimum Gasteiger partial charge on any atom is -0.369 e. The number of hydrogen-bond donors (Lipinski definition) is 0. The van der Waals surface area contributed by atoms with Crippen LogP contribution in [-0.2, 0) is 19.3 Å². The summed E-state index contributed by atoms with van der Waals surface area (Å²) >= 11 is 2.94. The topological polar surface area (TPSA) is 58.4 Å². The van der Waals surface area contributed by atoms with E-state index in [-0.39, 0.29) is 11.3 Å². The summed E-state index contributed by atoms with van der Waals surface area (Å²) in [5.74, 6) is 0.688. The third-order valence-electron chi connectivity index (χ3n) is 7.35. The van der Waals surface area contributed by atoms with Crippen molar-refractivity contribution in [1.82, 2.24) is 14.5 Å². The molecule has 0 radical (unpaired) electrons. The molecule has 1 aliphatic rings. The summed E-state index contributed by atoms with van der Waals surface area (Å²) < 4.78 is 2.29. The third-order valence-corrected chi connectivity index (χ3v) is 9.34. The number of thioether (sulfide) groups is 1. The number of carbonyl (C=O) groups excluding carboxylic acids is 1. The monoisotopic (exact) mass is 566 g/mol. The maximum absolute atomic E-state index is 13.1. The molecule has 1 fully saturated rings. The van der Waals surface area contributed by atoms with E-state index in [4.69, 9.17) is 0 Å². The van der Waals surface area contributed by atoms with Gasteiger partial charge in [-0.3, -0.25) is 19.1 Å². The van der Waals surface area contributed by atoms with Crippen LogP contribution in [0.1, 0.15) is 27.0 Å². The molecule has 0 amide bonds. The average molecular weight is 567 g/mol. The number of anilines is 1. The molecular formula is C32H30N4O2S2. The van der Waals surface area contributed by atoms with Crippen molar-refractivity contribution in [3.8, 4) is 0 Å². The molecule has 6 nitrogen and oxygen atoms in total. The van der Waals surface area contributed by atoms with E-state index in [1.165, 1.54) is 34.3 Å². The van der Waals surface area contributed by atoms with Crippen LogP contribution in [0.2, 0.25) is 0 Å². The highest BCUT2D eigenvalue weighted by Gasteiger charge is 2.18. The number of carbonyl (C=O) groups is 1. The highest BCUT2D eigenvalue weighted by atomic mass is 32.2. The molecule has 2 aromatic heterocycles. The Labute approximate surface area is 241 Å². The number of nitrogens with zero attached hydrogens (tertiary/aromatic N) is 4. The average Bonchev–Trinajstić information content (AvgIpc) is 3.48. The second kappa shape index (κ2) is 11.8. The number of benzene rings is 3. The van der Waals surface area contributed by atoms with Crippen LogP contribution in [0.5, 0.6) is 0 Å². The molecule has 6 rings (SSSR count). The smallest absolute Gasteiger partial charge is 0.271 e. The zero-order valence-electron chi connectivity index (χ0n) is 22.3. The fourth-order valence-electron chi connectivity index (χ4n) is 4.99. The Balaban J connectivity index is 1.03. The lowest BCUT2D eigenvalue weighted by Gasteiger charge is -2.36. The maximum atomic E-state index is 13.1. The van der Waals surface area contributed by atoms with Crippen LogP contribution in [0.25, 0.3) is 10.2 Å². The van der Waals surface area contributed by atoms with Crippen molar-refractivity contribution in [2.24, 2.45) is 7.05 Å². The standard InChI is InChI=1S/C32H30N4O2S2/c1-34-31(38)30-28(15-20-39-30)33-32(34)40-22-24-9-13-26(14-10-24)29(37)25-11-7-23(8-12-25)21-35-16-18-36(19-17-35)27-5-3-2-4-6-27/h2-15,20H,16-19,21-22H2,1H3. The first-order valence-corrected chi connectivity index (χ1v) is 15.2. The van der Waals surface area contributed by atoms with E-state index in [9.17, 15) is 9.59 Å². The van der Waals surface area contributed by atoms with Gasteiger partial charge in [-0.05, 0) is 34.7 Å². The molecule has 3 aromatic carbocycles. The van der Waals surface area contributed by atoms with Crippen LogP contribution in [-0.4, -0.2) is 46.4 Å². The predicted octanol–water partition coefficient (Wildman–Crippen LogP) is 5.84. The van der Waals surface area contributed by atoms with E-state index >= 15 is 0 Å². The van der Waals surface area contributed by atoms with Gasteiger partial charge in [0.25, 0.3) is 5.56 Å². The Morgan fingerprint density at radius 2 is 1.50 bits per heavy atom. The maximum Gasteiger partial charge on any atom is 0.271 e. The SMILES string of the molecule is Cn1c(SCc2ccc(C(=O)c3ccc(CN4CCN(c5ccccc5)CC4)cc3)cc2)nc2ccsc2c1=O. The van der Waals surface area contributed by atoms with Gasteiger partial charge in [0.05, 0.1) is 5.52 Å². The lowest BCUT2D eigenvalue weighted by molar-refractivity contribution is 0.103. The van der Waals surface area contributed by atoms with Crippen molar-refractivity contribution in [3.63, 3.8) is 0 Å². The van der Waals surface area contributed by atoms with Gasteiger partial charge in [0.15, 0.2) is 10.9 Å². The number of fused-ring (bicyclic) bond motifs is 1. The van der Waals surface area contributed by atoms with E-state index in [0.29, 0.717) is 26.7 Å². The first-order valence-electron chi connectivity index (χ1n) is 13.4. The van der Waals surface area contributed by atoms with E-state index in [0.717, 1.165) is 43.8 Å². The van der Waals surface area contributed by atoms with Crippen LogP contribution in [0, 0.1) is 0 Å². The number of hydrogen-bond acceptors (Lipinski definition) is 7. The van der Waals surface area contributed by atoms with Gasteiger partial charge in [0.1, 0.15) is 4.70 Å². The minimum atomic E-state index is -0.0138. The molecule has 0 N–H and O–H groups in total. The summed E-state index contributed by atoms with van der Waals surface area (Å²) in [5.41, 5.74) is 5.68. The van der Waals surface area contributed by atoms with E-state index in [1.54, 1.807) is 11.6 Å². The van der Waals surface area contributed by atoms with Gasteiger partial charge in [-0.25, -0.2) is 4.98 Å². The van der Waals surface area contributed by atoms with Crippen LogP contribution in [0.3, 0.4) is 0 Å². The second-order valence-electron chi connectivity index (χ2n) is 10.0. The molecule has 0 aliphatic carbocycles. The Hall–Kier alpha value is -3.72. The molecule has 0 spiro atoms. The first-order chi connectivity index (χ1) is 19.5. The van der Waals surface area contributed by atoms with Crippen LogP contribution >= 0.6 is 23.1 Å². The Morgan fingerprint density at radius 1 is 0.850 bits per heavy atom. The second-order valence-corrected chi connectivity index (χ2v) is 11.9. The lowest BCUT2D eigenvalue weighted by atomic mass is 10.0. The zero-order valence-corrected chi connectivity index (χ0v) is 24.0. The van der Waals surface area contributed by atoms with Gasteiger partial charge in [-0.15, -0.1) is 11.3 Å². The van der Waals surface area contributed by atoms with E-state index in [1.807, 2.05) is 47.8 Å². The molecule has 8 heteroatoms. The van der Waals surface area contributed by atoms with Gasteiger partial charge in [-0.2, -0.15) is 0 Å². The van der Waals surface area contributed by atoms with Crippen molar-refractivity contribution < 1.29 is 4.79 Å². The summed E-state index contributed by atoms with van der Waals surface area (Å²) in [7, 11) is 1.76. The van der Waals surface area contributed by atoms with E-state index in [2.05, 4.69) is 57.2 Å². The number of ketones is 1. The first kappa shape index (κ1) is 26.5. The molecule has 0 atom stereocenters. The summed E-state index contributed by atoms with van der Waals surface area (Å²) in [6.45, 7) is 4.98. The van der Waals surface area contributed by atoms with Gasteiger partial charge in [0, 0.05) is 62.3 Å². The number of thiophene rings is 1. The molecule has 40 heavy (non-hydrogen) atoms. The Morgan fingerprint density at radius 3 is 2.17 bits per heavy atom. The van der Waals surface area contributed by atoms with Crippen LogP contribution < -0.4 is 10.5 Å². The zero-order chi connectivity index (χ0) is 27.5. The van der Waals surface area contributed by atoms with E-state index < -0.39 is 0 Å². The number of para-hydroxylation sites is 1. The minimum absolute atomic E-state index is 0.0138. The van der Waals surface area contributed by atoms with Crippen molar-refractivity contribution >= 4 is 44.8 Å². The van der Waals surface area contributed by atoms with Gasteiger partial charge in [0.2, 0.25) is 0 Å². The third kappa shape index (κ3) is 5.75.